The number of halogens is 1. The number of amides is 2. The summed E-state index contributed by atoms with van der Waals surface area (Å²) >= 11 is 4.68. The molecule has 0 spiro atoms. The van der Waals surface area contributed by atoms with Gasteiger partial charge in [-0.1, -0.05) is 22.0 Å². The number of nitrogen functional groups attached to an aromatic ring is 1. The van der Waals surface area contributed by atoms with E-state index in [0.717, 1.165) is 14.6 Å². The van der Waals surface area contributed by atoms with Crippen molar-refractivity contribution in [3.05, 3.63) is 27.5 Å². The molecule has 0 aliphatic carbocycles. The first-order valence-electron chi connectivity index (χ1n) is 5.49. The lowest BCUT2D eigenvalue weighted by atomic mass is 10.2. The Labute approximate surface area is 122 Å². The highest BCUT2D eigenvalue weighted by molar-refractivity contribution is 9.10. The van der Waals surface area contributed by atoms with Gasteiger partial charge >= 0.3 is 0 Å². The second-order valence-corrected chi connectivity index (χ2v) is 5.81. The van der Waals surface area contributed by atoms with Crippen LogP contribution in [0.25, 0.3) is 10.1 Å². The molecule has 0 saturated carbocycles. The van der Waals surface area contributed by atoms with Gasteiger partial charge in [0.1, 0.15) is 4.88 Å². The van der Waals surface area contributed by atoms with E-state index in [1.54, 1.807) is 0 Å². The predicted octanol–water partition coefficient (Wildman–Crippen LogP) is 1.72. The zero-order chi connectivity index (χ0) is 14.0. The minimum Gasteiger partial charge on any atom is -0.397 e. The van der Waals surface area contributed by atoms with Crippen molar-refractivity contribution in [3.63, 3.8) is 0 Å². The van der Waals surface area contributed by atoms with Crippen LogP contribution in [0.1, 0.15) is 9.67 Å². The van der Waals surface area contributed by atoms with Crippen molar-refractivity contribution in [2.75, 3.05) is 19.3 Å². The van der Waals surface area contributed by atoms with E-state index in [9.17, 15) is 9.59 Å². The Morgan fingerprint density at radius 2 is 2.16 bits per heavy atom. The molecule has 100 valence electrons. The van der Waals surface area contributed by atoms with Crippen LogP contribution in [0, 0.1) is 0 Å². The highest BCUT2D eigenvalue weighted by Crippen LogP contribution is 2.35. The quantitative estimate of drug-likeness (QED) is 0.794. The van der Waals surface area contributed by atoms with Gasteiger partial charge in [-0.15, -0.1) is 11.3 Å². The van der Waals surface area contributed by atoms with Crippen molar-refractivity contribution in [3.8, 4) is 0 Å². The molecule has 0 fully saturated rings. The molecule has 5 nitrogen and oxygen atoms in total. The van der Waals surface area contributed by atoms with Crippen LogP contribution >= 0.6 is 27.3 Å². The lowest BCUT2D eigenvalue weighted by molar-refractivity contribution is -0.119. The fourth-order valence-corrected chi connectivity index (χ4v) is 3.18. The van der Waals surface area contributed by atoms with Crippen LogP contribution in [0.5, 0.6) is 0 Å². The van der Waals surface area contributed by atoms with E-state index >= 15 is 0 Å². The zero-order valence-corrected chi connectivity index (χ0v) is 12.5. The van der Waals surface area contributed by atoms with Crippen molar-refractivity contribution in [1.82, 2.24) is 10.6 Å². The number of carbonyl (C=O) groups is 2. The molecule has 2 amide bonds. The van der Waals surface area contributed by atoms with Crippen LogP contribution in [-0.2, 0) is 4.79 Å². The van der Waals surface area contributed by atoms with Gasteiger partial charge in [-0.3, -0.25) is 9.59 Å². The smallest absolute Gasteiger partial charge is 0.263 e. The molecule has 19 heavy (non-hydrogen) atoms. The molecule has 2 aromatic rings. The van der Waals surface area contributed by atoms with Crippen LogP contribution < -0.4 is 16.4 Å². The molecule has 1 aromatic heterocycles. The maximum atomic E-state index is 12.0. The van der Waals surface area contributed by atoms with E-state index in [-0.39, 0.29) is 18.4 Å². The van der Waals surface area contributed by atoms with E-state index in [1.165, 1.54) is 18.4 Å². The van der Waals surface area contributed by atoms with Gasteiger partial charge in [-0.2, -0.15) is 0 Å². The van der Waals surface area contributed by atoms with E-state index in [0.29, 0.717) is 10.6 Å². The molecule has 0 saturated heterocycles. The largest absolute Gasteiger partial charge is 0.397 e. The molecular formula is C12H12BrN3O2S. The van der Waals surface area contributed by atoms with Crippen molar-refractivity contribution in [1.29, 1.82) is 0 Å². The molecular weight excluding hydrogens is 330 g/mol. The molecule has 1 aromatic carbocycles. The Morgan fingerprint density at radius 1 is 1.42 bits per heavy atom. The summed E-state index contributed by atoms with van der Waals surface area (Å²) in [4.78, 5) is 23.5. The van der Waals surface area contributed by atoms with Crippen molar-refractivity contribution in [2.45, 2.75) is 0 Å². The van der Waals surface area contributed by atoms with Gasteiger partial charge in [0.05, 0.1) is 12.2 Å². The summed E-state index contributed by atoms with van der Waals surface area (Å²) in [6, 6.07) is 5.64. The first kappa shape index (κ1) is 13.8. The third-order valence-electron chi connectivity index (χ3n) is 2.59. The Balaban J connectivity index is 2.27. The van der Waals surface area contributed by atoms with Gasteiger partial charge in [0.25, 0.3) is 5.91 Å². The number of hydrogen-bond donors (Lipinski definition) is 3. The topological polar surface area (TPSA) is 84.2 Å². The standard InChI is InChI=1S/C12H12BrN3O2S/c1-15-9(17)5-16-12(18)11-10(14)7-3-2-6(13)4-8(7)19-11/h2-4H,5,14H2,1H3,(H,15,17)(H,16,18). The molecule has 0 bridgehead atoms. The molecule has 4 N–H and O–H groups in total. The van der Waals surface area contributed by atoms with Crippen LogP contribution in [0.15, 0.2) is 22.7 Å². The minimum atomic E-state index is -0.335. The molecule has 0 aliphatic rings. The number of fused-ring (bicyclic) bond motifs is 1. The Kier molecular flexibility index (Phi) is 4.06. The van der Waals surface area contributed by atoms with E-state index in [2.05, 4.69) is 26.6 Å². The molecule has 0 aliphatic heterocycles. The predicted molar refractivity (Wildman–Crippen MR) is 80.3 cm³/mol. The highest BCUT2D eigenvalue weighted by Gasteiger charge is 2.16. The first-order valence-corrected chi connectivity index (χ1v) is 7.10. The summed E-state index contributed by atoms with van der Waals surface area (Å²) in [5.74, 6) is -0.589. The van der Waals surface area contributed by atoms with Crippen molar-refractivity contribution < 1.29 is 9.59 Å². The minimum absolute atomic E-state index is 0.0628. The summed E-state index contributed by atoms with van der Waals surface area (Å²) in [5.41, 5.74) is 6.41. The van der Waals surface area contributed by atoms with E-state index in [1.807, 2.05) is 18.2 Å². The molecule has 0 radical (unpaired) electrons. The second kappa shape index (κ2) is 5.58. The van der Waals surface area contributed by atoms with Crippen LogP contribution in [0.4, 0.5) is 5.69 Å². The number of nitrogens with two attached hydrogens (primary N) is 1. The van der Waals surface area contributed by atoms with E-state index in [4.69, 9.17) is 5.73 Å². The summed E-state index contributed by atoms with van der Waals surface area (Å²) in [7, 11) is 1.51. The molecule has 0 unspecified atom stereocenters. The summed E-state index contributed by atoms with van der Waals surface area (Å²) in [5, 5.41) is 5.81. The summed E-state index contributed by atoms with van der Waals surface area (Å²) in [6.45, 7) is -0.0628. The Morgan fingerprint density at radius 3 is 2.84 bits per heavy atom. The first-order chi connectivity index (χ1) is 9.02. The Hall–Kier alpha value is -1.60. The molecule has 0 atom stereocenters. The summed E-state index contributed by atoms with van der Waals surface area (Å²) < 4.78 is 1.86. The van der Waals surface area contributed by atoms with Crippen LogP contribution in [0.3, 0.4) is 0 Å². The zero-order valence-electron chi connectivity index (χ0n) is 10.1. The van der Waals surface area contributed by atoms with Gasteiger partial charge < -0.3 is 16.4 Å². The van der Waals surface area contributed by atoms with Crippen molar-refractivity contribution in [2.24, 2.45) is 0 Å². The summed E-state index contributed by atoms with van der Waals surface area (Å²) in [6.07, 6.45) is 0. The number of thiophene rings is 1. The highest BCUT2D eigenvalue weighted by atomic mass is 79.9. The number of carbonyl (C=O) groups excluding carboxylic acids is 2. The van der Waals surface area contributed by atoms with Gasteiger partial charge in [0, 0.05) is 21.6 Å². The third-order valence-corrected chi connectivity index (χ3v) is 4.25. The Bertz CT molecular complexity index is 654. The van der Waals surface area contributed by atoms with Crippen LogP contribution in [0.2, 0.25) is 0 Å². The number of benzene rings is 1. The molecule has 1 heterocycles. The van der Waals surface area contributed by atoms with Gasteiger partial charge in [0.15, 0.2) is 0 Å². The number of rotatable bonds is 3. The van der Waals surface area contributed by atoms with Gasteiger partial charge in [-0.05, 0) is 12.1 Å². The lowest BCUT2D eigenvalue weighted by Gasteiger charge is -2.02. The SMILES string of the molecule is CNC(=O)CNC(=O)c1sc2cc(Br)ccc2c1N. The number of likely N-dealkylation sites (N-methyl/N-ethyl adjacent to an activating group) is 1. The van der Waals surface area contributed by atoms with Crippen LogP contribution in [-0.4, -0.2) is 25.4 Å². The fourth-order valence-electron chi connectivity index (χ4n) is 1.59. The van der Waals surface area contributed by atoms with Gasteiger partial charge in [-0.25, -0.2) is 0 Å². The third kappa shape index (κ3) is 2.87. The molecule has 7 heteroatoms. The average molecular weight is 342 g/mol. The monoisotopic (exact) mass is 341 g/mol. The maximum absolute atomic E-state index is 12.0. The number of nitrogens with one attached hydrogen (secondary N) is 2. The lowest BCUT2D eigenvalue weighted by Crippen LogP contribution is -2.35. The fraction of sp³-hybridized carbons (Fsp3) is 0.167. The van der Waals surface area contributed by atoms with Gasteiger partial charge in [0.2, 0.25) is 5.91 Å². The normalized spacial score (nSPS) is 10.4. The van der Waals surface area contributed by atoms with Crippen molar-refractivity contribution >= 4 is 54.9 Å². The average Bonchev–Trinajstić information content (AvgIpc) is 2.72. The molecule has 2 rings (SSSR count). The second-order valence-electron chi connectivity index (χ2n) is 3.84. The van der Waals surface area contributed by atoms with E-state index < -0.39 is 0 Å². The maximum Gasteiger partial charge on any atom is 0.263 e. The number of hydrogen-bond acceptors (Lipinski definition) is 4. The number of anilines is 1.